The van der Waals surface area contributed by atoms with E-state index in [1.807, 2.05) is 0 Å². The van der Waals surface area contributed by atoms with Crippen LogP contribution in [-0.4, -0.2) is 70.5 Å². The highest BCUT2D eigenvalue weighted by Crippen LogP contribution is 2.30. The molecule has 360 valence electrons. The fourth-order valence-corrected chi connectivity index (χ4v) is 8.96. The molecule has 6 heterocycles. The number of para-hydroxylation sites is 2. The molecule has 0 saturated heterocycles. The Balaban J connectivity index is 0.000000136. The number of benzene rings is 6. The first-order valence-corrected chi connectivity index (χ1v) is 22.7. The molecule has 0 radical (unpaired) electrons. The third-order valence-corrected chi connectivity index (χ3v) is 12.4. The molecule has 0 aliphatic carbocycles. The Labute approximate surface area is 433 Å². The molecule has 0 aliphatic heterocycles. The Hall–Kier alpha value is -8.46. The number of aliphatic hydroxyl groups is 1. The van der Waals surface area contributed by atoms with Gasteiger partial charge in [0.2, 0.25) is 0 Å². The number of nitrogens with zero attached hydrogens (tertiary/aromatic N) is 6. The number of aromatic nitrogens is 9. The number of hydrogen-bond donors (Lipinski definition) is 4. The number of rotatable bonds is 7. The van der Waals surface area contributed by atoms with Gasteiger partial charge in [-0.25, -0.2) is 22.8 Å². The number of hydrogen-bond acceptors (Lipinski definition) is 10. The minimum Gasteiger partial charge on any atom is -0.497 e. The van der Waals surface area contributed by atoms with Crippen molar-refractivity contribution in [3.8, 4) is 34.3 Å². The molecule has 0 unspecified atom stereocenters. The van der Waals surface area contributed by atoms with Crippen LogP contribution in [0.4, 0.5) is 8.78 Å². The number of fused-ring (bicyclic) bond motifs is 9. The van der Waals surface area contributed by atoms with Crippen molar-refractivity contribution in [3.63, 3.8) is 0 Å². The summed E-state index contributed by atoms with van der Waals surface area (Å²) in [5, 5.41) is 20.9. The average molecular weight is 1110 g/mol. The van der Waals surface area contributed by atoms with Crippen molar-refractivity contribution in [1.29, 1.82) is 0 Å². The number of halogens is 4. The lowest BCUT2D eigenvalue weighted by molar-refractivity contribution is 0.282. The first kappa shape index (κ1) is 37.4. The van der Waals surface area contributed by atoms with E-state index in [1.165, 1.54) is 75.1 Å². The summed E-state index contributed by atoms with van der Waals surface area (Å²) in [7, 11) is -7.80. The van der Waals surface area contributed by atoms with Crippen LogP contribution in [0.3, 0.4) is 0 Å². The molecule has 16 nitrogen and oxygen atoms in total. The fourth-order valence-electron chi connectivity index (χ4n) is 8.10. The summed E-state index contributed by atoms with van der Waals surface area (Å²) in [4.78, 5) is 50.8. The van der Waals surface area contributed by atoms with Gasteiger partial charge in [0.05, 0.1) is 89.7 Å². The zero-order chi connectivity index (χ0) is 57.9. The van der Waals surface area contributed by atoms with Crippen LogP contribution in [0.25, 0.3) is 82.5 Å². The molecule has 4 N–H and O–H groups in total. The Bertz CT molecular complexity index is 4620. The van der Waals surface area contributed by atoms with Crippen molar-refractivity contribution in [2.45, 2.75) is 6.61 Å². The summed E-state index contributed by atoms with van der Waals surface area (Å²) >= 11 is 6.48. The first-order chi connectivity index (χ1) is 38.3. The third-order valence-electron chi connectivity index (χ3n) is 11.5. The zero-order valence-corrected chi connectivity index (χ0v) is 39.7. The summed E-state index contributed by atoms with van der Waals surface area (Å²) in [6.07, 6.45) is 4.11. The van der Waals surface area contributed by atoms with Gasteiger partial charge in [-0.2, -0.15) is 0 Å². The Morgan fingerprint density at radius 1 is 0.556 bits per heavy atom. The molecule has 0 saturated carbocycles. The van der Waals surface area contributed by atoms with Gasteiger partial charge in [-0.3, -0.25) is 44.6 Å². The lowest BCUT2D eigenvalue weighted by atomic mass is 10.1. The molecule has 0 amide bonds. The molecule has 12 rings (SSSR count). The molecule has 6 aromatic heterocycles. The van der Waals surface area contributed by atoms with E-state index in [-0.39, 0.29) is 57.1 Å². The van der Waals surface area contributed by atoms with Crippen LogP contribution in [0.2, 0.25) is 0 Å². The number of aliphatic hydroxyl groups excluding tert-OH is 1. The quantitative estimate of drug-likeness (QED) is 0.119. The minimum atomic E-state index is -2.64. The number of nitrogens with one attached hydrogen (secondary N) is 3. The van der Waals surface area contributed by atoms with Crippen molar-refractivity contribution in [3.05, 3.63) is 191 Å². The van der Waals surface area contributed by atoms with Gasteiger partial charge in [0, 0.05) is 49.8 Å². The molecule has 6 aromatic carbocycles. The predicted octanol–water partition coefficient (Wildman–Crippen LogP) is 9.92. The molecule has 0 atom stereocenters. The van der Waals surface area contributed by atoms with Crippen molar-refractivity contribution in [2.24, 2.45) is 0 Å². The van der Waals surface area contributed by atoms with Crippen molar-refractivity contribution >= 4 is 97.3 Å². The number of aromatic amines is 3. The number of pyridine rings is 3. The lowest BCUT2D eigenvalue weighted by Crippen LogP contribution is -2.15. The van der Waals surface area contributed by atoms with Crippen LogP contribution in [0, 0.1) is 11.6 Å². The largest absolute Gasteiger partial charge is 0.497 e. The maximum Gasteiger partial charge on any atom is 0.280 e. The topological polar surface area (TPSA) is 200 Å². The van der Waals surface area contributed by atoms with Crippen LogP contribution in [0.5, 0.6) is 17.2 Å². The number of ether oxygens (including phenoxy) is 3. The van der Waals surface area contributed by atoms with Gasteiger partial charge in [0.15, 0.2) is 11.6 Å². The zero-order valence-electron chi connectivity index (χ0n) is 45.5. The van der Waals surface area contributed by atoms with Crippen molar-refractivity contribution < 1.29 is 40.4 Å². The van der Waals surface area contributed by atoms with E-state index in [4.69, 9.17) is 26.5 Å². The smallest absolute Gasteiger partial charge is 0.280 e. The number of H-pyrrole nitrogens is 3. The summed E-state index contributed by atoms with van der Waals surface area (Å²) in [6, 6.07) is 29.7. The highest BCUT2D eigenvalue weighted by atomic mass is 79.9. The maximum absolute atomic E-state index is 14.2. The molecule has 0 aliphatic rings. The van der Waals surface area contributed by atoms with Crippen LogP contribution in [-0.2, 0) is 6.61 Å². The van der Waals surface area contributed by atoms with E-state index >= 15 is 0 Å². The van der Waals surface area contributed by atoms with Gasteiger partial charge in [0.25, 0.3) is 16.7 Å². The monoisotopic (exact) mass is 1100 g/mol. The Morgan fingerprint density at radius 2 is 1.11 bits per heavy atom. The maximum atomic E-state index is 14.2. The fraction of sp³-hybridized carbons (Fsp3) is 0.0769. The highest BCUT2D eigenvalue weighted by molar-refractivity contribution is 9.10. The van der Waals surface area contributed by atoms with Gasteiger partial charge in [-0.15, -0.1) is 0 Å². The SMILES string of the molecule is [2H]C([2H])([2H])Oc1ccc(-n2[nH]c3c(cnc4c(F)cc(Br)cc43)c2=O)cc1.[2H]C([2H])([2H])Oc1cccc(-n2[nH]c3c(cnc4c(F)cc(Br)cc43)c2=O)c1.[2H]C([2H])([2H])Oc1ccccc1-n1[nH]c2c(cnc3ccc(CO)cc32)c1=O. The average Bonchev–Trinajstić information content (AvgIpc) is 4.24. The molecular weight excluding hydrogens is 1060 g/mol. The molecule has 0 fully saturated rings. The van der Waals surface area contributed by atoms with Crippen LogP contribution in [0.15, 0.2) is 157 Å². The van der Waals surface area contributed by atoms with E-state index in [0.717, 1.165) is 0 Å². The normalized spacial score (nSPS) is 13.7. The molecule has 0 bridgehead atoms. The van der Waals surface area contributed by atoms with Gasteiger partial charge >= 0.3 is 0 Å². The minimum absolute atomic E-state index is 0.0551. The Kier molecular flexibility index (Phi) is 10.1. The Morgan fingerprint density at radius 3 is 1.74 bits per heavy atom. The molecular formula is C52H37Br2F2N9O7. The summed E-state index contributed by atoms with van der Waals surface area (Å²) in [6.45, 7) is -0.132. The van der Waals surface area contributed by atoms with Crippen molar-refractivity contribution in [2.75, 3.05) is 21.1 Å². The van der Waals surface area contributed by atoms with Gasteiger partial charge in [-0.05, 0) is 90.5 Å². The molecule has 0 spiro atoms. The van der Waals surface area contributed by atoms with E-state index < -0.39 is 38.3 Å². The second kappa shape index (κ2) is 19.4. The van der Waals surface area contributed by atoms with Crippen LogP contribution in [0.1, 0.15) is 17.9 Å². The van der Waals surface area contributed by atoms with Crippen LogP contribution < -0.4 is 30.9 Å². The molecule has 12 aromatic rings. The van der Waals surface area contributed by atoms with E-state index in [2.05, 4.69) is 62.1 Å². The summed E-state index contributed by atoms with van der Waals surface area (Å²) in [5.41, 5.74) is 3.06. The second-order valence-corrected chi connectivity index (χ2v) is 17.6. The van der Waals surface area contributed by atoms with Gasteiger partial charge in [-0.1, -0.05) is 56.1 Å². The predicted molar refractivity (Wildman–Crippen MR) is 278 cm³/mol. The van der Waals surface area contributed by atoms with E-state index in [1.54, 1.807) is 72.8 Å². The number of methoxy groups -OCH3 is 3. The molecule has 72 heavy (non-hydrogen) atoms. The van der Waals surface area contributed by atoms with Gasteiger partial charge < -0.3 is 19.3 Å². The first-order valence-electron chi connectivity index (χ1n) is 25.6. The molecule has 20 heteroatoms. The summed E-state index contributed by atoms with van der Waals surface area (Å²) in [5.74, 6) is -0.709. The van der Waals surface area contributed by atoms with Gasteiger partial charge in [0.1, 0.15) is 34.0 Å². The van der Waals surface area contributed by atoms with E-state index in [9.17, 15) is 28.3 Å². The summed E-state index contributed by atoms with van der Waals surface area (Å²) < 4.78 is 113. The van der Waals surface area contributed by atoms with Crippen molar-refractivity contribution in [1.82, 2.24) is 44.3 Å². The van der Waals surface area contributed by atoms with Crippen LogP contribution >= 0.6 is 31.9 Å². The second-order valence-electron chi connectivity index (χ2n) is 15.7. The third kappa shape index (κ3) is 8.54. The highest BCUT2D eigenvalue weighted by Gasteiger charge is 2.18. The van der Waals surface area contributed by atoms with E-state index in [0.29, 0.717) is 74.9 Å². The standard InChI is InChI=1S/C18H15N3O3.2C17H11BrFN3O2/c1-24-16-5-3-2-4-15(16)21-18(23)13-9-19-14-7-6-11(10-22)8-12(14)17(13)20-21;1-24-11-4-2-10(3-5-11)22-17(23)13-8-20-16-12(15(13)21-22)6-9(18)7-14(16)19;1-24-11-4-2-3-10(7-11)22-17(23)13-8-20-16-12(15(13)21-22)5-9(18)6-14(16)19/h2-9,20,22H,10H2,1H3;2*2-8,21H,1H3/i3*1D3. The lowest BCUT2D eigenvalue weighted by Gasteiger charge is -2.07.